The summed E-state index contributed by atoms with van der Waals surface area (Å²) in [6, 6.07) is 7.50. The van der Waals surface area contributed by atoms with Gasteiger partial charge < -0.3 is 19.3 Å². The fraction of sp³-hybridized carbons (Fsp3) is 0.548. The van der Waals surface area contributed by atoms with Crippen molar-refractivity contribution in [1.29, 1.82) is 0 Å². The number of para-hydroxylation sites is 1. The lowest BCUT2D eigenvalue weighted by molar-refractivity contribution is -0.146. The highest BCUT2D eigenvalue weighted by molar-refractivity contribution is 7.20. The third-order valence-electron chi connectivity index (χ3n) is 7.64. The number of hydrogen-bond acceptors (Lipinski definition) is 8. The third kappa shape index (κ3) is 6.17. The van der Waals surface area contributed by atoms with E-state index in [4.69, 9.17) is 14.2 Å². The highest BCUT2D eigenvalue weighted by Gasteiger charge is 2.36. The number of aromatic nitrogens is 2. The van der Waals surface area contributed by atoms with Crippen LogP contribution in [0.5, 0.6) is 5.75 Å². The van der Waals surface area contributed by atoms with Gasteiger partial charge in [0.15, 0.2) is 0 Å². The summed E-state index contributed by atoms with van der Waals surface area (Å²) in [4.78, 5) is 53.6. The van der Waals surface area contributed by atoms with E-state index < -0.39 is 34.8 Å². The maximum atomic E-state index is 14.2. The van der Waals surface area contributed by atoms with Crippen LogP contribution in [0.1, 0.15) is 93.6 Å². The summed E-state index contributed by atoms with van der Waals surface area (Å²) >= 11 is 0.994. The van der Waals surface area contributed by atoms with Gasteiger partial charge in [-0.05, 0) is 66.0 Å². The molecule has 0 bridgehead atoms. The zero-order valence-electron chi connectivity index (χ0n) is 25.1. The molecule has 1 aliphatic carbocycles. The monoisotopic (exact) mass is 600 g/mol. The Hall–Kier alpha value is -3.44. The van der Waals surface area contributed by atoms with Gasteiger partial charge in [-0.3, -0.25) is 9.36 Å². The number of fused-ring (bicyclic) bond motifs is 1. The van der Waals surface area contributed by atoms with E-state index in [1.54, 1.807) is 13.8 Å². The van der Waals surface area contributed by atoms with E-state index >= 15 is 0 Å². The van der Waals surface area contributed by atoms with E-state index in [0.717, 1.165) is 53.6 Å². The van der Waals surface area contributed by atoms with Crippen molar-refractivity contribution in [2.24, 2.45) is 0 Å². The molecular weight excluding hydrogens is 560 g/mol. The molecule has 0 unspecified atom stereocenters. The number of aryl methyl sites for hydroxylation is 1. The van der Waals surface area contributed by atoms with Gasteiger partial charge in [0, 0.05) is 5.56 Å². The highest BCUT2D eigenvalue weighted by Crippen LogP contribution is 2.36. The second-order valence-electron chi connectivity index (χ2n) is 11.4. The molecule has 1 fully saturated rings. The molecule has 0 saturated heterocycles. The summed E-state index contributed by atoms with van der Waals surface area (Å²) in [6.07, 6.45) is 4.17. The van der Waals surface area contributed by atoms with Gasteiger partial charge in [-0.25, -0.2) is 19.0 Å². The number of esters is 1. The minimum atomic E-state index is -1.86. The molecule has 1 aromatic carbocycles. The number of aliphatic carboxylic acids is 1. The lowest BCUT2D eigenvalue weighted by Gasteiger charge is -2.30. The van der Waals surface area contributed by atoms with E-state index in [-0.39, 0.29) is 40.5 Å². The number of ether oxygens (including phenoxy) is 3. The van der Waals surface area contributed by atoms with Crippen LogP contribution in [0.2, 0.25) is 0 Å². The summed E-state index contributed by atoms with van der Waals surface area (Å²) in [5, 5.41) is 10.1. The van der Waals surface area contributed by atoms with Gasteiger partial charge in [0.1, 0.15) is 27.1 Å². The Labute approximate surface area is 248 Å². The molecule has 0 aliphatic heterocycles. The molecule has 42 heavy (non-hydrogen) atoms. The van der Waals surface area contributed by atoms with Crippen molar-refractivity contribution in [3.05, 3.63) is 61.1 Å². The second kappa shape index (κ2) is 12.8. The van der Waals surface area contributed by atoms with Gasteiger partial charge in [0.25, 0.3) is 5.56 Å². The highest BCUT2D eigenvalue weighted by atomic mass is 32.1. The minimum absolute atomic E-state index is 0.0253. The molecule has 2 heterocycles. The third-order valence-corrected chi connectivity index (χ3v) is 8.94. The van der Waals surface area contributed by atoms with Crippen molar-refractivity contribution >= 4 is 33.5 Å². The summed E-state index contributed by atoms with van der Waals surface area (Å²) in [5.74, 6) is -1.33. The second-order valence-corrected chi connectivity index (χ2v) is 12.4. The molecule has 3 aromatic rings. The number of carbonyl (C=O) groups is 2. The van der Waals surface area contributed by atoms with Crippen molar-refractivity contribution in [2.75, 3.05) is 6.61 Å². The summed E-state index contributed by atoms with van der Waals surface area (Å²) in [7, 11) is 0. The average molecular weight is 601 g/mol. The molecule has 4 rings (SSSR count). The molecule has 11 heteroatoms. The molecule has 0 amide bonds. The predicted molar refractivity (Wildman–Crippen MR) is 161 cm³/mol. The fourth-order valence-corrected chi connectivity index (χ4v) is 6.61. The lowest BCUT2D eigenvalue weighted by atomic mass is 9.97. The van der Waals surface area contributed by atoms with E-state index in [1.807, 2.05) is 38.1 Å². The van der Waals surface area contributed by atoms with Crippen molar-refractivity contribution in [3.63, 3.8) is 0 Å². The van der Waals surface area contributed by atoms with Crippen LogP contribution in [0.4, 0.5) is 0 Å². The number of carboxylic acid groups (broad SMARTS) is 1. The Balaban J connectivity index is 1.99. The standard InChI is InChI=1S/C31H40N2O8S/c1-7-39-28(35)25-19(4)24-26(34)33(31(5,6)29(36)37)30(38)32(27(24)42-25)17-23(41-20-13-9-8-10-14-20)21-15-11-12-16-22(21)40-18(2)3/h11-12,15-16,18,20,23H,7-10,13-14,17H2,1-6H3,(H,36,37)/t23-/m0/s1. The largest absolute Gasteiger partial charge is 0.491 e. The first-order valence-electron chi connectivity index (χ1n) is 14.5. The number of nitrogens with zero attached hydrogens (tertiary/aromatic N) is 2. The van der Waals surface area contributed by atoms with Crippen molar-refractivity contribution in [2.45, 2.75) is 104 Å². The van der Waals surface area contributed by atoms with Gasteiger partial charge in [0.2, 0.25) is 0 Å². The van der Waals surface area contributed by atoms with Crippen molar-refractivity contribution in [1.82, 2.24) is 9.13 Å². The lowest BCUT2D eigenvalue weighted by Crippen LogP contribution is -2.52. The van der Waals surface area contributed by atoms with Crippen LogP contribution in [0.25, 0.3) is 10.2 Å². The van der Waals surface area contributed by atoms with Gasteiger partial charge in [-0.15, -0.1) is 11.3 Å². The quantitative estimate of drug-likeness (QED) is 0.290. The molecule has 10 nitrogen and oxygen atoms in total. The van der Waals surface area contributed by atoms with E-state index in [1.165, 1.54) is 18.4 Å². The summed E-state index contributed by atoms with van der Waals surface area (Å²) in [5.41, 5.74) is -2.34. The molecule has 0 spiro atoms. The Bertz CT molecular complexity index is 1580. The zero-order valence-corrected chi connectivity index (χ0v) is 25.9. The van der Waals surface area contributed by atoms with Crippen LogP contribution >= 0.6 is 11.3 Å². The molecule has 1 atom stereocenters. The number of rotatable bonds is 11. The van der Waals surface area contributed by atoms with Crippen LogP contribution in [-0.4, -0.2) is 45.0 Å². The number of carbonyl (C=O) groups excluding carboxylic acids is 1. The maximum Gasteiger partial charge on any atom is 0.348 e. The average Bonchev–Trinajstić information content (AvgIpc) is 3.28. The van der Waals surface area contributed by atoms with Crippen LogP contribution in [0.15, 0.2) is 33.9 Å². The van der Waals surface area contributed by atoms with Crippen LogP contribution in [0.3, 0.4) is 0 Å². The Morgan fingerprint density at radius 2 is 1.79 bits per heavy atom. The number of benzene rings is 1. The predicted octanol–water partition coefficient (Wildman–Crippen LogP) is 5.41. The first kappa shape index (κ1) is 31.5. The van der Waals surface area contributed by atoms with Gasteiger partial charge in [0.05, 0.1) is 30.7 Å². The van der Waals surface area contributed by atoms with Gasteiger partial charge >= 0.3 is 17.6 Å². The van der Waals surface area contributed by atoms with Gasteiger partial charge in [-0.1, -0.05) is 37.5 Å². The van der Waals surface area contributed by atoms with Crippen molar-refractivity contribution in [3.8, 4) is 5.75 Å². The molecule has 228 valence electrons. The van der Waals surface area contributed by atoms with E-state index in [0.29, 0.717) is 11.3 Å². The fourth-order valence-electron chi connectivity index (χ4n) is 5.41. The molecule has 2 aromatic heterocycles. The number of hydrogen-bond donors (Lipinski definition) is 1. The molecule has 1 saturated carbocycles. The Kier molecular flexibility index (Phi) is 9.62. The van der Waals surface area contributed by atoms with E-state index in [9.17, 15) is 24.3 Å². The number of carboxylic acids is 1. The SMILES string of the molecule is CCOC(=O)c1sc2c(c1C)c(=O)n(C(C)(C)C(=O)O)c(=O)n2C[C@H](OC1CCCCC1)c1ccccc1OC(C)C. The molecule has 1 N–H and O–H groups in total. The zero-order chi connectivity index (χ0) is 30.8. The molecular formula is C31H40N2O8S. The topological polar surface area (TPSA) is 126 Å². The first-order valence-corrected chi connectivity index (χ1v) is 15.3. The molecule has 0 radical (unpaired) electrons. The Morgan fingerprint density at radius 3 is 2.40 bits per heavy atom. The summed E-state index contributed by atoms with van der Waals surface area (Å²) < 4.78 is 20.2. The van der Waals surface area contributed by atoms with E-state index in [2.05, 4.69) is 0 Å². The first-order chi connectivity index (χ1) is 19.9. The Morgan fingerprint density at radius 1 is 1.12 bits per heavy atom. The van der Waals surface area contributed by atoms with Crippen LogP contribution < -0.4 is 16.0 Å². The minimum Gasteiger partial charge on any atom is -0.491 e. The van der Waals surface area contributed by atoms with Gasteiger partial charge in [-0.2, -0.15) is 0 Å². The number of thiophene rings is 1. The van der Waals surface area contributed by atoms with Crippen LogP contribution in [-0.2, 0) is 26.4 Å². The smallest absolute Gasteiger partial charge is 0.348 e. The normalized spacial score (nSPS) is 15.2. The summed E-state index contributed by atoms with van der Waals surface area (Å²) in [6.45, 7) is 9.88. The maximum absolute atomic E-state index is 14.2. The van der Waals surface area contributed by atoms with Crippen LogP contribution in [0, 0.1) is 6.92 Å². The van der Waals surface area contributed by atoms with Crippen molar-refractivity contribution < 1.29 is 28.9 Å². The molecule has 1 aliphatic rings.